The Morgan fingerprint density at radius 3 is 2.60 bits per heavy atom. The van der Waals surface area contributed by atoms with Crippen LogP contribution in [0.3, 0.4) is 0 Å². The third kappa shape index (κ3) is 5.10. The fourth-order valence-electron chi connectivity index (χ4n) is 3.21. The number of nitrogens with one attached hydrogen (secondary N) is 1. The van der Waals surface area contributed by atoms with Crippen LogP contribution in [0, 0.1) is 11.3 Å². The lowest BCUT2D eigenvalue weighted by Crippen LogP contribution is -2.36. The molecule has 1 saturated heterocycles. The Morgan fingerprint density at radius 2 is 1.97 bits per heavy atom. The Balaban J connectivity index is 1.75. The quantitative estimate of drug-likeness (QED) is 0.559. The van der Waals surface area contributed by atoms with E-state index in [9.17, 15) is 10.1 Å². The van der Waals surface area contributed by atoms with Gasteiger partial charge in [-0.3, -0.25) is 4.79 Å². The van der Waals surface area contributed by atoms with Gasteiger partial charge >= 0.3 is 0 Å². The van der Waals surface area contributed by atoms with Crippen molar-refractivity contribution in [1.29, 1.82) is 5.26 Å². The number of carbonyl (C=O) groups excluding carboxylic acids is 1. The summed E-state index contributed by atoms with van der Waals surface area (Å²) in [5.74, 6) is 0.556. The number of methoxy groups -OCH3 is 1. The summed E-state index contributed by atoms with van der Waals surface area (Å²) in [5.41, 5.74) is 2.26. The molecule has 1 fully saturated rings. The van der Waals surface area contributed by atoms with Gasteiger partial charge in [0.25, 0.3) is 5.91 Å². The van der Waals surface area contributed by atoms with Crippen molar-refractivity contribution in [1.82, 2.24) is 0 Å². The minimum atomic E-state index is -0.486. The highest BCUT2D eigenvalue weighted by Crippen LogP contribution is 2.32. The first kappa shape index (κ1) is 21.2. The van der Waals surface area contributed by atoms with Crippen LogP contribution in [0.5, 0.6) is 11.5 Å². The molecule has 2 aromatic carbocycles. The van der Waals surface area contributed by atoms with Crippen LogP contribution in [-0.2, 0) is 9.53 Å². The van der Waals surface area contributed by atoms with Crippen molar-refractivity contribution in [3.63, 3.8) is 0 Å². The molecule has 0 aromatic heterocycles. The van der Waals surface area contributed by atoms with Crippen molar-refractivity contribution in [2.24, 2.45) is 0 Å². The van der Waals surface area contributed by atoms with Gasteiger partial charge in [0.2, 0.25) is 0 Å². The maximum absolute atomic E-state index is 12.6. The topological polar surface area (TPSA) is 83.8 Å². The minimum Gasteiger partial charge on any atom is -0.492 e. The summed E-state index contributed by atoms with van der Waals surface area (Å²) in [7, 11) is 1.53. The van der Waals surface area contributed by atoms with Crippen LogP contribution in [0.2, 0.25) is 0 Å². The molecule has 0 radical (unpaired) electrons. The Bertz CT molecular complexity index is 942. The average molecular weight is 407 g/mol. The lowest BCUT2D eigenvalue weighted by atomic mass is 10.1. The summed E-state index contributed by atoms with van der Waals surface area (Å²) in [6, 6.07) is 14.9. The van der Waals surface area contributed by atoms with Crippen LogP contribution >= 0.6 is 0 Å². The monoisotopic (exact) mass is 407 g/mol. The summed E-state index contributed by atoms with van der Waals surface area (Å²) >= 11 is 0. The molecule has 1 aliphatic rings. The molecule has 3 rings (SSSR count). The first-order valence-electron chi connectivity index (χ1n) is 9.82. The third-order valence-corrected chi connectivity index (χ3v) is 4.68. The van der Waals surface area contributed by atoms with Gasteiger partial charge in [-0.1, -0.05) is 12.1 Å². The van der Waals surface area contributed by atoms with Gasteiger partial charge in [-0.15, -0.1) is 0 Å². The van der Waals surface area contributed by atoms with Gasteiger partial charge < -0.3 is 24.4 Å². The van der Waals surface area contributed by atoms with E-state index < -0.39 is 5.91 Å². The van der Waals surface area contributed by atoms with Crippen LogP contribution in [0.15, 0.2) is 48.0 Å². The van der Waals surface area contributed by atoms with E-state index in [-0.39, 0.29) is 5.57 Å². The van der Waals surface area contributed by atoms with E-state index in [1.165, 1.54) is 13.2 Å². The standard InChI is InChI=1S/C23H25N3O4/c1-3-30-21-6-4-5-17(22(21)28-2)15-18(16-24)23(27)25-19-7-9-20(10-8-19)26-11-13-29-14-12-26/h4-10,15H,3,11-14H2,1-2H3,(H,25,27)/b18-15+. The molecular weight excluding hydrogens is 382 g/mol. The van der Waals surface area contributed by atoms with Crippen LogP contribution in [0.4, 0.5) is 11.4 Å². The second-order valence-corrected chi connectivity index (χ2v) is 6.58. The summed E-state index contributed by atoms with van der Waals surface area (Å²) in [6.45, 7) is 5.47. The second kappa shape index (κ2) is 10.3. The van der Waals surface area contributed by atoms with E-state index in [4.69, 9.17) is 14.2 Å². The van der Waals surface area contributed by atoms with Gasteiger partial charge in [-0.25, -0.2) is 0 Å². The highest BCUT2D eigenvalue weighted by molar-refractivity contribution is 6.10. The molecule has 7 nitrogen and oxygen atoms in total. The van der Waals surface area contributed by atoms with Crippen molar-refractivity contribution in [3.05, 3.63) is 53.6 Å². The Kier molecular flexibility index (Phi) is 7.30. The zero-order chi connectivity index (χ0) is 21.3. The van der Waals surface area contributed by atoms with E-state index in [2.05, 4.69) is 10.2 Å². The smallest absolute Gasteiger partial charge is 0.266 e. The number of amides is 1. The minimum absolute atomic E-state index is 0.0285. The van der Waals surface area contributed by atoms with Gasteiger partial charge in [0.1, 0.15) is 11.6 Å². The van der Waals surface area contributed by atoms with Crippen molar-refractivity contribution in [3.8, 4) is 17.6 Å². The molecule has 0 atom stereocenters. The largest absolute Gasteiger partial charge is 0.492 e. The van der Waals surface area contributed by atoms with Crippen molar-refractivity contribution < 1.29 is 19.0 Å². The van der Waals surface area contributed by atoms with E-state index >= 15 is 0 Å². The Hall–Kier alpha value is -3.50. The van der Waals surface area contributed by atoms with Gasteiger partial charge in [-0.2, -0.15) is 5.26 Å². The average Bonchev–Trinajstić information content (AvgIpc) is 2.79. The predicted octanol–water partition coefficient (Wildman–Crippen LogP) is 3.48. The first-order valence-corrected chi connectivity index (χ1v) is 9.82. The lowest BCUT2D eigenvalue weighted by Gasteiger charge is -2.28. The maximum Gasteiger partial charge on any atom is 0.266 e. The van der Waals surface area contributed by atoms with Gasteiger partial charge in [0.05, 0.1) is 26.9 Å². The maximum atomic E-state index is 12.6. The molecule has 1 amide bonds. The summed E-state index contributed by atoms with van der Waals surface area (Å²) in [6.07, 6.45) is 1.50. The number of ether oxygens (including phenoxy) is 3. The highest BCUT2D eigenvalue weighted by atomic mass is 16.5. The number of morpholine rings is 1. The van der Waals surface area contributed by atoms with Gasteiger partial charge in [-0.05, 0) is 43.3 Å². The number of hydrogen-bond donors (Lipinski definition) is 1. The number of anilines is 2. The molecule has 1 heterocycles. The molecule has 0 bridgehead atoms. The van der Waals surface area contributed by atoms with Crippen molar-refractivity contribution in [2.75, 3.05) is 50.2 Å². The lowest BCUT2D eigenvalue weighted by molar-refractivity contribution is -0.112. The first-order chi connectivity index (χ1) is 14.7. The molecule has 156 valence electrons. The number of para-hydroxylation sites is 1. The number of carbonyl (C=O) groups is 1. The summed E-state index contributed by atoms with van der Waals surface area (Å²) < 4.78 is 16.3. The zero-order valence-corrected chi connectivity index (χ0v) is 17.2. The Labute approximate surface area is 176 Å². The van der Waals surface area contributed by atoms with E-state index in [0.717, 1.165) is 18.8 Å². The van der Waals surface area contributed by atoms with E-state index in [1.54, 1.807) is 18.2 Å². The third-order valence-electron chi connectivity index (χ3n) is 4.68. The van der Waals surface area contributed by atoms with E-state index in [0.29, 0.717) is 42.6 Å². The van der Waals surface area contributed by atoms with Crippen LogP contribution in [-0.4, -0.2) is 45.9 Å². The summed E-state index contributed by atoms with van der Waals surface area (Å²) in [4.78, 5) is 14.9. The number of benzene rings is 2. The molecule has 30 heavy (non-hydrogen) atoms. The molecule has 0 aliphatic carbocycles. The fourth-order valence-corrected chi connectivity index (χ4v) is 3.21. The van der Waals surface area contributed by atoms with Crippen LogP contribution < -0.4 is 19.7 Å². The van der Waals surface area contributed by atoms with Gasteiger partial charge in [0.15, 0.2) is 11.5 Å². The van der Waals surface area contributed by atoms with Crippen LogP contribution in [0.1, 0.15) is 12.5 Å². The Morgan fingerprint density at radius 1 is 1.23 bits per heavy atom. The normalized spacial score (nSPS) is 14.0. The second-order valence-electron chi connectivity index (χ2n) is 6.58. The highest BCUT2D eigenvalue weighted by Gasteiger charge is 2.15. The fraction of sp³-hybridized carbons (Fsp3) is 0.304. The van der Waals surface area contributed by atoms with E-state index in [1.807, 2.05) is 37.3 Å². The SMILES string of the molecule is CCOc1cccc(/C=C(\C#N)C(=O)Nc2ccc(N3CCOCC3)cc2)c1OC. The molecule has 1 aliphatic heterocycles. The van der Waals surface area contributed by atoms with Crippen molar-refractivity contribution >= 4 is 23.4 Å². The van der Waals surface area contributed by atoms with Gasteiger partial charge in [0, 0.05) is 30.0 Å². The number of rotatable bonds is 7. The molecule has 0 spiro atoms. The molecule has 0 saturated carbocycles. The van der Waals surface area contributed by atoms with Crippen molar-refractivity contribution in [2.45, 2.75) is 6.92 Å². The predicted molar refractivity (Wildman–Crippen MR) is 116 cm³/mol. The molecule has 7 heteroatoms. The number of hydrogen-bond acceptors (Lipinski definition) is 6. The molecular formula is C23H25N3O4. The molecule has 1 N–H and O–H groups in total. The zero-order valence-electron chi connectivity index (χ0n) is 17.2. The molecule has 0 unspecified atom stereocenters. The number of nitriles is 1. The molecule has 2 aromatic rings. The number of nitrogens with zero attached hydrogens (tertiary/aromatic N) is 2. The van der Waals surface area contributed by atoms with Crippen LogP contribution in [0.25, 0.3) is 6.08 Å². The summed E-state index contributed by atoms with van der Waals surface area (Å²) in [5, 5.41) is 12.3.